The van der Waals surface area contributed by atoms with Crippen molar-refractivity contribution in [2.45, 2.75) is 26.3 Å². The Morgan fingerprint density at radius 3 is 2.67 bits per heavy atom. The Hall–Kier alpha value is -1.53. The first-order valence-electron chi connectivity index (χ1n) is 4.97. The van der Waals surface area contributed by atoms with Crippen LogP contribution in [0.15, 0.2) is 18.2 Å². The lowest BCUT2D eigenvalue weighted by molar-refractivity contribution is 0.580. The van der Waals surface area contributed by atoms with Gasteiger partial charge in [0.1, 0.15) is 6.07 Å². The molecule has 0 aliphatic carbocycles. The molecular weight excluding hydrogens is 186 g/mol. The van der Waals surface area contributed by atoms with Crippen LogP contribution in [-0.2, 0) is 0 Å². The fourth-order valence-corrected chi connectivity index (χ4v) is 1.28. The number of nitriles is 1. The molecule has 0 heterocycles. The molecule has 3 heteroatoms. The molecule has 0 saturated carbocycles. The Morgan fingerprint density at radius 1 is 1.47 bits per heavy atom. The third-order valence-corrected chi connectivity index (χ3v) is 2.28. The van der Waals surface area contributed by atoms with E-state index in [9.17, 15) is 0 Å². The van der Waals surface area contributed by atoms with Gasteiger partial charge in [0.05, 0.1) is 11.3 Å². The van der Waals surface area contributed by atoms with E-state index in [0.717, 1.165) is 11.3 Å². The third-order valence-electron chi connectivity index (χ3n) is 2.28. The summed E-state index contributed by atoms with van der Waals surface area (Å²) in [5.41, 5.74) is 8.03. The number of nitrogens with one attached hydrogen (secondary N) is 1. The highest BCUT2D eigenvalue weighted by Crippen LogP contribution is 2.20. The normalized spacial score (nSPS) is 10.9. The van der Waals surface area contributed by atoms with Gasteiger partial charge in [-0.05, 0) is 38.5 Å². The smallest absolute Gasteiger partial charge is 0.101 e. The van der Waals surface area contributed by atoms with Crippen LogP contribution in [0.3, 0.4) is 0 Å². The molecular formula is C12H17N3. The number of nitrogens with two attached hydrogens (primary N) is 1. The average Bonchev–Trinajstić information content (AvgIpc) is 2.20. The van der Waals surface area contributed by atoms with Crippen LogP contribution in [0.5, 0.6) is 0 Å². The molecule has 1 aromatic carbocycles. The summed E-state index contributed by atoms with van der Waals surface area (Å²) in [6, 6.07) is 7.95. The van der Waals surface area contributed by atoms with Crippen LogP contribution in [0.25, 0.3) is 0 Å². The zero-order valence-corrected chi connectivity index (χ0v) is 9.46. The van der Waals surface area contributed by atoms with Crippen molar-refractivity contribution in [3.63, 3.8) is 0 Å². The van der Waals surface area contributed by atoms with Crippen LogP contribution in [0.2, 0.25) is 0 Å². The summed E-state index contributed by atoms with van der Waals surface area (Å²) in [7, 11) is 0. The monoisotopic (exact) mass is 203 g/mol. The Kier molecular flexibility index (Phi) is 3.33. The van der Waals surface area contributed by atoms with Crippen molar-refractivity contribution in [2.24, 2.45) is 5.73 Å². The molecule has 0 aromatic heterocycles. The topological polar surface area (TPSA) is 61.8 Å². The molecule has 1 rings (SSSR count). The van der Waals surface area contributed by atoms with Crippen molar-refractivity contribution in [3.8, 4) is 6.07 Å². The van der Waals surface area contributed by atoms with Crippen LogP contribution in [0, 0.1) is 18.3 Å². The van der Waals surface area contributed by atoms with E-state index in [4.69, 9.17) is 11.0 Å². The van der Waals surface area contributed by atoms with E-state index < -0.39 is 0 Å². The molecule has 0 saturated heterocycles. The number of hydrogen-bond donors (Lipinski definition) is 2. The van der Waals surface area contributed by atoms with Gasteiger partial charge in [-0.15, -0.1) is 0 Å². The highest BCUT2D eigenvalue weighted by atomic mass is 15.0. The predicted molar refractivity (Wildman–Crippen MR) is 62.7 cm³/mol. The molecule has 15 heavy (non-hydrogen) atoms. The molecule has 3 nitrogen and oxygen atoms in total. The molecule has 0 aliphatic heterocycles. The Morgan fingerprint density at radius 2 is 2.13 bits per heavy atom. The minimum absolute atomic E-state index is 0.194. The number of anilines is 1. The summed E-state index contributed by atoms with van der Waals surface area (Å²) >= 11 is 0. The van der Waals surface area contributed by atoms with Gasteiger partial charge in [-0.25, -0.2) is 0 Å². The molecule has 0 amide bonds. The van der Waals surface area contributed by atoms with E-state index >= 15 is 0 Å². The first-order chi connectivity index (χ1) is 6.98. The van der Waals surface area contributed by atoms with Crippen molar-refractivity contribution < 1.29 is 0 Å². The van der Waals surface area contributed by atoms with Gasteiger partial charge in [-0.1, -0.05) is 6.07 Å². The van der Waals surface area contributed by atoms with E-state index in [-0.39, 0.29) is 5.54 Å². The van der Waals surface area contributed by atoms with Gasteiger partial charge in [0, 0.05) is 12.1 Å². The second kappa shape index (κ2) is 4.33. The first-order valence-corrected chi connectivity index (χ1v) is 4.97. The van der Waals surface area contributed by atoms with Gasteiger partial charge in [0.15, 0.2) is 0 Å². The fourth-order valence-electron chi connectivity index (χ4n) is 1.28. The third kappa shape index (κ3) is 2.97. The predicted octanol–water partition coefficient (Wildman–Crippen LogP) is 2.02. The van der Waals surface area contributed by atoms with Crippen LogP contribution in [0.4, 0.5) is 5.69 Å². The number of hydrogen-bond acceptors (Lipinski definition) is 3. The molecule has 0 fully saturated rings. The lowest BCUT2D eigenvalue weighted by Gasteiger charge is -2.26. The van der Waals surface area contributed by atoms with Gasteiger partial charge < -0.3 is 11.1 Å². The summed E-state index contributed by atoms with van der Waals surface area (Å²) in [5, 5.41) is 12.3. The summed E-state index contributed by atoms with van der Waals surface area (Å²) in [4.78, 5) is 0. The number of benzene rings is 1. The number of rotatable bonds is 3. The molecule has 0 aliphatic rings. The zero-order valence-electron chi connectivity index (χ0n) is 9.46. The van der Waals surface area contributed by atoms with Crippen molar-refractivity contribution in [1.82, 2.24) is 0 Å². The maximum atomic E-state index is 8.99. The van der Waals surface area contributed by atoms with Crippen molar-refractivity contribution in [2.75, 3.05) is 11.9 Å². The average molecular weight is 203 g/mol. The van der Waals surface area contributed by atoms with Gasteiger partial charge in [0.25, 0.3) is 0 Å². The van der Waals surface area contributed by atoms with Gasteiger partial charge in [-0.2, -0.15) is 5.26 Å². The molecule has 1 aromatic rings. The fraction of sp³-hybridized carbons (Fsp3) is 0.417. The van der Waals surface area contributed by atoms with Crippen LogP contribution in [0.1, 0.15) is 25.0 Å². The maximum absolute atomic E-state index is 8.99. The summed E-state index contributed by atoms with van der Waals surface area (Å²) in [6.07, 6.45) is 0. The highest BCUT2D eigenvalue weighted by Gasteiger charge is 2.16. The molecule has 80 valence electrons. The lowest BCUT2D eigenvalue weighted by Crippen LogP contribution is -2.39. The van der Waals surface area contributed by atoms with Crippen LogP contribution in [-0.4, -0.2) is 12.1 Å². The summed E-state index contributed by atoms with van der Waals surface area (Å²) < 4.78 is 0. The second-order valence-corrected chi connectivity index (χ2v) is 4.37. The minimum Gasteiger partial charge on any atom is -0.378 e. The van der Waals surface area contributed by atoms with Crippen molar-refractivity contribution >= 4 is 5.69 Å². The molecule has 0 spiro atoms. The van der Waals surface area contributed by atoms with E-state index in [0.29, 0.717) is 12.1 Å². The van der Waals surface area contributed by atoms with E-state index in [1.807, 2.05) is 39.0 Å². The van der Waals surface area contributed by atoms with Gasteiger partial charge in [-0.3, -0.25) is 0 Å². The maximum Gasteiger partial charge on any atom is 0.101 e. The quantitative estimate of drug-likeness (QED) is 0.790. The van der Waals surface area contributed by atoms with Crippen LogP contribution >= 0.6 is 0 Å². The Balaban J connectivity index is 3.01. The lowest BCUT2D eigenvalue weighted by atomic mass is 10.0. The summed E-state index contributed by atoms with van der Waals surface area (Å²) in [6.45, 7) is 6.51. The molecule has 3 N–H and O–H groups in total. The largest absolute Gasteiger partial charge is 0.378 e. The van der Waals surface area contributed by atoms with E-state index in [2.05, 4.69) is 11.4 Å². The standard InChI is InChI=1S/C12H17N3/c1-9-4-5-11(10(6-9)7-13)15-12(2,3)8-14/h4-6,15H,8,14H2,1-3H3. The van der Waals surface area contributed by atoms with Gasteiger partial charge >= 0.3 is 0 Å². The SMILES string of the molecule is Cc1ccc(NC(C)(C)CN)c(C#N)c1. The minimum atomic E-state index is -0.194. The Labute approximate surface area is 90.9 Å². The number of aryl methyl sites for hydroxylation is 1. The molecule has 0 radical (unpaired) electrons. The van der Waals surface area contributed by atoms with E-state index in [1.54, 1.807) is 0 Å². The Bertz CT molecular complexity index is 388. The van der Waals surface area contributed by atoms with Gasteiger partial charge in [0.2, 0.25) is 0 Å². The van der Waals surface area contributed by atoms with Crippen molar-refractivity contribution in [1.29, 1.82) is 5.26 Å². The first kappa shape index (κ1) is 11.5. The second-order valence-electron chi connectivity index (χ2n) is 4.37. The van der Waals surface area contributed by atoms with E-state index in [1.165, 1.54) is 0 Å². The molecule has 0 bridgehead atoms. The van der Waals surface area contributed by atoms with Crippen LogP contribution < -0.4 is 11.1 Å². The zero-order chi connectivity index (χ0) is 11.5. The number of nitrogens with zero attached hydrogens (tertiary/aromatic N) is 1. The molecule has 0 unspecified atom stereocenters. The molecule has 0 atom stereocenters. The highest BCUT2D eigenvalue weighted by molar-refractivity contribution is 5.59. The summed E-state index contributed by atoms with van der Waals surface area (Å²) in [5.74, 6) is 0. The van der Waals surface area contributed by atoms with Crippen molar-refractivity contribution in [3.05, 3.63) is 29.3 Å².